The number of aliphatic imine (C=N–C) groups is 1. The number of aromatic nitrogens is 1. The quantitative estimate of drug-likeness (QED) is 0.439. The maximum Gasteiger partial charge on any atom is 0.341 e. The van der Waals surface area contributed by atoms with Crippen molar-refractivity contribution in [3.05, 3.63) is 45.4 Å². The van der Waals surface area contributed by atoms with E-state index in [4.69, 9.17) is 9.47 Å². The van der Waals surface area contributed by atoms with Crippen LogP contribution in [0.25, 0.3) is 0 Å². The molecule has 0 fully saturated rings. The van der Waals surface area contributed by atoms with E-state index in [0.717, 1.165) is 17.1 Å². The van der Waals surface area contributed by atoms with Gasteiger partial charge in [-0.15, -0.1) is 11.3 Å². The minimum Gasteiger partial charge on any atom is -0.496 e. The number of carbonyl (C=O) groups is 1. The molecule has 0 aliphatic rings. The molecule has 2 aromatic rings. The fraction of sp³-hybridized carbons (Fsp3) is 0.389. The van der Waals surface area contributed by atoms with Gasteiger partial charge in [0.1, 0.15) is 16.3 Å². The van der Waals surface area contributed by atoms with Gasteiger partial charge in [-0.3, -0.25) is 0 Å². The Bertz CT molecular complexity index is 774. The second-order valence-corrected chi connectivity index (χ2v) is 6.76. The van der Waals surface area contributed by atoms with Crippen molar-refractivity contribution in [3.63, 3.8) is 0 Å². The molecule has 0 unspecified atom stereocenters. The number of nitrogens with one attached hydrogen (secondary N) is 2. The van der Waals surface area contributed by atoms with E-state index >= 15 is 0 Å². The summed E-state index contributed by atoms with van der Waals surface area (Å²) in [5, 5.41) is 7.47. The zero-order chi connectivity index (χ0) is 18.9. The van der Waals surface area contributed by atoms with Gasteiger partial charge in [0.2, 0.25) is 0 Å². The minimum absolute atomic E-state index is 0.388. The predicted molar refractivity (Wildman–Crippen MR) is 103 cm³/mol. The van der Waals surface area contributed by atoms with Crippen molar-refractivity contribution in [1.29, 1.82) is 0 Å². The molecular formula is C18H24N4O3S. The fourth-order valence-corrected chi connectivity index (χ4v) is 3.00. The summed E-state index contributed by atoms with van der Waals surface area (Å²) >= 11 is 1.65. The topological polar surface area (TPSA) is 84.8 Å². The lowest BCUT2D eigenvalue weighted by atomic mass is 10.1. The third-order valence-electron chi connectivity index (χ3n) is 3.51. The first-order valence-electron chi connectivity index (χ1n) is 8.26. The Labute approximate surface area is 157 Å². The van der Waals surface area contributed by atoms with E-state index in [2.05, 4.69) is 20.6 Å². The molecule has 1 aromatic carbocycles. The van der Waals surface area contributed by atoms with Crippen LogP contribution in [0.4, 0.5) is 0 Å². The summed E-state index contributed by atoms with van der Waals surface area (Å²) < 4.78 is 10.0. The standard InChI is InChI=1S/C18H24N4O3S/c1-5-19-18(22-11-16-20-9-12(2)26-16)21-10-13-6-7-15(24-3)14(8-13)17(23)25-4/h6-9H,5,10-11H2,1-4H3,(H2,19,21,22). The molecule has 0 atom stereocenters. The van der Waals surface area contributed by atoms with Crippen molar-refractivity contribution in [2.75, 3.05) is 20.8 Å². The predicted octanol–water partition coefficient (Wildman–Crippen LogP) is 2.50. The molecule has 0 radical (unpaired) electrons. The molecule has 26 heavy (non-hydrogen) atoms. The summed E-state index contributed by atoms with van der Waals surface area (Å²) in [5.74, 6) is 0.737. The van der Waals surface area contributed by atoms with Gasteiger partial charge in [0.05, 0.1) is 27.3 Å². The van der Waals surface area contributed by atoms with Crippen LogP contribution in [0.5, 0.6) is 5.75 Å². The molecule has 2 N–H and O–H groups in total. The molecule has 7 nitrogen and oxygen atoms in total. The van der Waals surface area contributed by atoms with Crippen molar-refractivity contribution < 1.29 is 14.3 Å². The highest BCUT2D eigenvalue weighted by atomic mass is 32.1. The molecule has 0 aliphatic heterocycles. The summed E-state index contributed by atoms with van der Waals surface area (Å²) in [4.78, 5) is 22.0. The van der Waals surface area contributed by atoms with Crippen molar-refractivity contribution >= 4 is 23.3 Å². The van der Waals surface area contributed by atoms with Crippen LogP contribution in [-0.2, 0) is 17.8 Å². The van der Waals surface area contributed by atoms with Crippen LogP contribution >= 0.6 is 11.3 Å². The molecule has 0 saturated heterocycles. The smallest absolute Gasteiger partial charge is 0.341 e. The molecule has 1 aromatic heterocycles. The lowest BCUT2D eigenvalue weighted by molar-refractivity contribution is 0.0597. The first-order chi connectivity index (χ1) is 12.6. The number of hydrogen-bond acceptors (Lipinski definition) is 6. The van der Waals surface area contributed by atoms with Gasteiger partial charge in [-0.2, -0.15) is 0 Å². The lowest BCUT2D eigenvalue weighted by Gasteiger charge is -2.11. The third-order valence-corrected chi connectivity index (χ3v) is 4.42. The number of carbonyl (C=O) groups excluding carboxylic acids is 1. The maximum atomic E-state index is 11.9. The number of ether oxygens (including phenoxy) is 2. The molecular weight excluding hydrogens is 352 g/mol. The van der Waals surface area contributed by atoms with E-state index in [1.807, 2.05) is 26.1 Å². The van der Waals surface area contributed by atoms with Gasteiger partial charge >= 0.3 is 5.97 Å². The second-order valence-electron chi connectivity index (χ2n) is 5.44. The van der Waals surface area contributed by atoms with Crippen LogP contribution in [0, 0.1) is 6.92 Å². The van der Waals surface area contributed by atoms with E-state index in [-0.39, 0.29) is 0 Å². The van der Waals surface area contributed by atoms with E-state index in [0.29, 0.717) is 30.4 Å². The zero-order valence-corrected chi connectivity index (χ0v) is 16.3. The Hall–Kier alpha value is -2.61. The fourth-order valence-electron chi connectivity index (χ4n) is 2.28. The van der Waals surface area contributed by atoms with Crippen LogP contribution < -0.4 is 15.4 Å². The SMILES string of the molecule is CCNC(=NCc1ccc(OC)c(C(=O)OC)c1)NCc1ncc(C)s1. The minimum atomic E-state index is -0.433. The Morgan fingerprint density at radius 3 is 2.73 bits per heavy atom. The lowest BCUT2D eigenvalue weighted by Crippen LogP contribution is -2.36. The molecule has 0 saturated carbocycles. The normalized spacial score (nSPS) is 11.2. The van der Waals surface area contributed by atoms with Crippen LogP contribution in [0.2, 0.25) is 0 Å². The van der Waals surface area contributed by atoms with Gasteiger partial charge in [-0.1, -0.05) is 6.07 Å². The molecule has 1 heterocycles. The molecule has 140 valence electrons. The highest BCUT2D eigenvalue weighted by Crippen LogP contribution is 2.21. The van der Waals surface area contributed by atoms with Crippen molar-refractivity contribution in [1.82, 2.24) is 15.6 Å². The zero-order valence-electron chi connectivity index (χ0n) is 15.5. The van der Waals surface area contributed by atoms with Gasteiger partial charge in [0.15, 0.2) is 5.96 Å². The third kappa shape index (κ3) is 5.45. The first-order valence-corrected chi connectivity index (χ1v) is 9.07. The van der Waals surface area contributed by atoms with E-state index in [1.165, 1.54) is 19.1 Å². The largest absolute Gasteiger partial charge is 0.496 e. The highest BCUT2D eigenvalue weighted by Gasteiger charge is 2.13. The summed E-state index contributed by atoms with van der Waals surface area (Å²) in [7, 11) is 2.87. The molecule has 0 aliphatic carbocycles. The van der Waals surface area contributed by atoms with Crippen molar-refractivity contribution in [2.24, 2.45) is 4.99 Å². The van der Waals surface area contributed by atoms with Crippen LogP contribution in [0.3, 0.4) is 0 Å². The number of thiazole rings is 1. The van der Waals surface area contributed by atoms with Gasteiger partial charge in [-0.05, 0) is 31.5 Å². The number of guanidine groups is 1. The Kier molecular flexibility index (Phi) is 7.40. The van der Waals surface area contributed by atoms with E-state index < -0.39 is 5.97 Å². The average Bonchev–Trinajstić information content (AvgIpc) is 3.08. The Morgan fingerprint density at radius 2 is 2.12 bits per heavy atom. The number of rotatable bonds is 7. The first kappa shape index (κ1) is 19.7. The van der Waals surface area contributed by atoms with Gasteiger partial charge in [0.25, 0.3) is 0 Å². The summed E-state index contributed by atoms with van der Waals surface area (Å²) in [6.07, 6.45) is 1.86. The maximum absolute atomic E-state index is 11.9. The molecule has 0 amide bonds. The number of nitrogens with zero attached hydrogens (tertiary/aromatic N) is 2. The molecule has 8 heteroatoms. The van der Waals surface area contributed by atoms with Gasteiger partial charge in [0, 0.05) is 17.6 Å². The summed E-state index contributed by atoms with van der Waals surface area (Å²) in [5.41, 5.74) is 1.27. The second kappa shape index (κ2) is 9.76. The van der Waals surface area contributed by atoms with Gasteiger partial charge in [-0.25, -0.2) is 14.8 Å². The van der Waals surface area contributed by atoms with Gasteiger partial charge < -0.3 is 20.1 Å². The molecule has 0 spiro atoms. The molecule has 2 rings (SSSR count). The summed E-state index contributed by atoms with van der Waals surface area (Å²) in [6, 6.07) is 5.36. The van der Waals surface area contributed by atoms with Crippen LogP contribution in [-0.4, -0.2) is 37.7 Å². The highest BCUT2D eigenvalue weighted by molar-refractivity contribution is 7.11. The monoisotopic (exact) mass is 376 g/mol. The summed E-state index contributed by atoms with van der Waals surface area (Å²) in [6.45, 7) is 5.82. The number of methoxy groups -OCH3 is 2. The molecule has 0 bridgehead atoms. The number of benzene rings is 1. The van der Waals surface area contributed by atoms with E-state index in [1.54, 1.807) is 23.5 Å². The van der Waals surface area contributed by atoms with E-state index in [9.17, 15) is 4.79 Å². The average molecular weight is 376 g/mol. The Balaban J connectivity index is 2.09. The van der Waals surface area contributed by atoms with Crippen molar-refractivity contribution in [2.45, 2.75) is 26.9 Å². The number of aryl methyl sites for hydroxylation is 1. The number of hydrogen-bond donors (Lipinski definition) is 2. The van der Waals surface area contributed by atoms with Crippen LogP contribution in [0.1, 0.15) is 32.7 Å². The number of esters is 1. The van der Waals surface area contributed by atoms with Crippen LogP contribution in [0.15, 0.2) is 29.4 Å². The van der Waals surface area contributed by atoms with Crippen molar-refractivity contribution in [3.8, 4) is 5.75 Å². The Morgan fingerprint density at radius 1 is 1.31 bits per heavy atom.